The number of aliphatic imine (C=N–C) groups is 1. The maximum absolute atomic E-state index is 6.48. The molecule has 9 heteroatoms. The molecule has 2 aliphatic heterocycles. The van der Waals surface area contributed by atoms with E-state index in [0.717, 1.165) is 72.2 Å². The third-order valence-corrected chi connectivity index (χ3v) is 7.39. The van der Waals surface area contributed by atoms with E-state index >= 15 is 0 Å². The van der Waals surface area contributed by atoms with E-state index in [0.29, 0.717) is 0 Å². The van der Waals surface area contributed by atoms with Crippen molar-refractivity contribution in [3.8, 4) is 16.9 Å². The molecule has 1 atom stereocenters. The molecule has 2 aromatic heterocycles. The Labute approximate surface area is 228 Å². The van der Waals surface area contributed by atoms with Gasteiger partial charge >= 0.3 is 0 Å². The van der Waals surface area contributed by atoms with Crippen LogP contribution in [0.5, 0.6) is 0 Å². The standard InChI is InChI=1S/C30H33N9/c1-22-5-8-24(18-29(22)38-13-11-27(33-30(38)31)25-4-3-12-32-19-25)28-21-39(35-34-28)26-9-6-23(7-10-26)20-37-16-14-36(2)15-17-37/h3-13,18-19,21,30H,14-17,20,31H2,1-2H3. The molecular weight excluding hydrogens is 486 g/mol. The Hall–Kier alpha value is -4.18. The highest BCUT2D eigenvalue weighted by Gasteiger charge is 2.20. The van der Waals surface area contributed by atoms with Crippen molar-refractivity contribution in [3.63, 3.8) is 0 Å². The third kappa shape index (κ3) is 5.51. The van der Waals surface area contributed by atoms with Gasteiger partial charge in [0.1, 0.15) is 5.69 Å². The van der Waals surface area contributed by atoms with Gasteiger partial charge in [-0.2, -0.15) is 0 Å². The zero-order valence-corrected chi connectivity index (χ0v) is 22.4. The number of hydrogen-bond acceptors (Lipinski definition) is 8. The molecule has 0 spiro atoms. The van der Waals surface area contributed by atoms with Gasteiger partial charge in [-0.25, -0.2) is 9.67 Å². The highest BCUT2D eigenvalue weighted by molar-refractivity contribution is 6.09. The Kier molecular flexibility index (Phi) is 7.02. The van der Waals surface area contributed by atoms with Crippen LogP contribution in [0.3, 0.4) is 0 Å². The van der Waals surface area contributed by atoms with E-state index in [-0.39, 0.29) is 0 Å². The molecule has 0 amide bonds. The van der Waals surface area contributed by atoms with Gasteiger partial charge in [0.25, 0.3) is 0 Å². The summed E-state index contributed by atoms with van der Waals surface area (Å²) in [4.78, 5) is 15.7. The summed E-state index contributed by atoms with van der Waals surface area (Å²) < 4.78 is 1.82. The molecule has 4 heterocycles. The molecule has 9 nitrogen and oxygen atoms in total. The lowest BCUT2D eigenvalue weighted by Crippen LogP contribution is -2.43. The lowest BCUT2D eigenvalue weighted by molar-refractivity contribution is 0.148. The van der Waals surface area contributed by atoms with Crippen LogP contribution in [-0.2, 0) is 6.54 Å². The molecule has 1 unspecified atom stereocenters. The highest BCUT2D eigenvalue weighted by atomic mass is 15.4. The lowest BCUT2D eigenvalue weighted by atomic mass is 10.1. The maximum atomic E-state index is 6.48. The summed E-state index contributed by atoms with van der Waals surface area (Å²) in [5.41, 5.74) is 14.4. The van der Waals surface area contributed by atoms with Crippen molar-refractivity contribution in [2.45, 2.75) is 19.8 Å². The molecule has 0 aliphatic carbocycles. The van der Waals surface area contributed by atoms with Gasteiger partial charge in [0.15, 0.2) is 6.29 Å². The van der Waals surface area contributed by atoms with Crippen LogP contribution < -0.4 is 10.6 Å². The summed E-state index contributed by atoms with van der Waals surface area (Å²) in [7, 11) is 2.18. The minimum Gasteiger partial charge on any atom is -0.313 e. The van der Waals surface area contributed by atoms with Crippen LogP contribution in [0.25, 0.3) is 16.9 Å². The first-order valence-electron chi connectivity index (χ1n) is 13.3. The molecule has 0 saturated carbocycles. The Morgan fingerprint density at radius 3 is 2.54 bits per heavy atom. The predicted molar refractivity (Wildman–Crippen MR) is 155 cm³/mol. The summed E-state index contributed by atoms with van der Waals surface area (Å²) in [6.07, 6.45) is 8.91. The van der Waals surface area contributed by atoms with Crippen molar-refractivity contribution < 1.29 is 0 Å². The number of piperazine rings is 1. The van der Waals surface area contributed by atoms with Crippen molar-refractivity contribution in [3.05, 3.63) is 102 Å². The van der Waals surface area contributed by atoms with Gasteiger partial charge in [0.05, 0.1) is 17.6 Å². The molecule has 0 radical (unpaired) electrons. The minimum absolute atomic E-state index is 0.542. The van der Waals surface area contributed by atoms with Gasteiger partial charge in [-0.1, -0.05) is 29.5 Å². The smallest absolute Gasteiger partial charge is 0.178 e. The number of allylic oxidation sites excluding steroid dienone is 1. The first kappa shape index (κ1) is 25.1. The Balaban J connectivity index is 1.17. The molecule has 2 aromatic carbocycles. The van der Waals surface area contributed by atoms with Crippen LogP contribution in [0.15, 0.2) is 90.5 Å². The van der Waals surface area contributed by atoms with Crippen LogP contribution in [0.1, 0.15) is 16.7 Å². The fraction of sp³-hybridized carbons (Fsp3) is 0.267. The number of nitrogens with two attached hydrogens (primary N) is 1. The van der Waals surface area contributed by atoms with Crippen molar-refractivity contribution in [1.82, 2.24) is 29.8 Å². The molecule has 6 rings (SSSR count). The number of rotatable bonds is 6. The number of nitrogens with zero attached hydrogens (tertiary/aromatic N) is 8. The molecular formula is C30H33N9. The quantitative estimate of drug-likeness (QED) is 0.417. The SMILES string of the molecule is Cc1ccc(-c2cn(-c3ccc(CN4CCN(C)CC4)cc3)nn2)cc1N1C=CC(c2cccnc2)=NC1N. The molecule has 39 heavy (non-hydrogen) atoms. The number of hydrogen-bond donors (Lipinski definition) is 1. The first-order valence-corrected chi connectivity index (χ1v) is 13.3. The fourth-order valence-corrected chi connectivity index (χ4v) is 4.98. The number of aromatic nitrogens is 4. The van der Waals surface area contributed by atoms with Crippen LogP contribution >= 0.6 is 0 Å². The zero-order valence-electron chi connectivity index (χ0n) is 22.4. The monoisotopic (exact) mass is 519 g/mol. The summed E-state index contributed by atoms with van der Waals surface area (Å²) >= 11 is 0. The topological polar surface area (TPSA) is 91.7 Å². The van der Waals surface area contributed by atoms with E-state index in [4.69, 9.17) is 10.7 Å². The van der Waals surface area contributed by atoms with Gasteiger partial charge in [0, 0.05) is 68.1 Å². The van der Waals surface area contributed by atoms with Gasteiger partial charge in [-0.3, -0.25) is 15.6 Å². The number of anilines is 1. The Morgan fingerprint density at radius 1 is 0.974 bits per heavy atom. The summed E-state index contributed by atoms with van der Waals surface area (Å²) in [5, 5.41) is 8.88. The predicted octanol–water partition coefficient (Wildman–Crippen LogP) is 3.45. The fourth-order valence-electron chi connectivity index (χ4n) is 4.98. The number of likely N-dealkylation sites (N-methyl/N-ethyl adjacent to an activating group) is 1. The number of aryl methyl sites for hydroxylation is 1. The Morgan fingerprint density at radius 2 is 1.79 bits per heavy atom. The lowest BCUT2D eigenvalue weighted by Gasteiger charge is -2.32. The molecule has 1 fully saturated rings. The average molecular weight is 520 g/mol. The van der Waals surface area contributed by atoms with Crippen molar-refractivity contribution in [2.75, 3.05) is 38.1 Å². The van der Waals surface area contributed by atoms with E-state index < -0.39 is 6.29 Å². The summed E-state index contributed by atoms with van der Waals surface area (Å²) in [5.74, 6) is 0. The van der Waals surface area contributed by atoms with E-state index in [1.807, 2.05) is 40.2 Å². The van der Waals surface area contributed by atoms with Gasteiger partial charge in [-0.15, -0.1) is 5.10 Å². The van der Waals surface area contributed by atoms with Crippen LogP contribution in [-0.4, -0.2) is 75.0 Å². The number of benzene rings is 2. The molecule has 0 bridgehead atoms. The number of pyridine rings is 1. The minimum atomic E-state index is -0.542. The third-order valence-electron chi connectivity index (χ3n) is 7.39. The van der Waals surface area contributed by atoms with Crippen LogP contribution in [0.4, 0.5) is 5.69 Å². The largest absolute Gasteiger partial charge is 0.313 e. The van der Waals surface area contributed by atoms with Crippen LogP contribution in [0.2, 0.25) is 0 Å². The van der Waals surface area contributed by atoms with E-state index in [9.17, 15) is 0 Å². The van der Waals surface area contributed by atoms with E-state index in [1.54, 1.807) is 12.4 Å². The molecule has 1 saturated heterocycles. The highest BCUT2D eigenvalue weighted by Crippen LogP contribution is 2.29. The second-order valence-electron chi connectivity index (χ2n) is 10.2. The van der Waals surface area contributed by atoms with Gasteiger partial charge < -0.3 is 9.80 Å². The zero-order chi connectivity index (χ0) is 26.8. The Bertz CT molecular complexity index is 1480. The molecule has 2 aliphatic rings. The molecule has 2 N–H and O–H groups in total. The summed E-state index contributed by atoms with van der Waals surface area (Å²) in [6, 6.07) is 18.7. The molecule has 4 aromatic rings. The second-order valence-corrected chi connectivity index (χ2v) is 10.2. The summed E-state index contributed by atoms with van der Waals surface area (Å²) in [6.45, 7) is 7.52. The van der Waals surface area contributed by atoms with Crippen molar-refractivity contribution >= 4 is 11.4 Å². The normalized spacial score (nSPS) is 18.4. The molecule has 198 valence electrons. The first-order chi connectivity index (χ1) is 19.0. The average Bonchev–Trinajstić information content (AvgIpc) is 3.46. The van der Waals surface area contributed by atoms with E-state index in [2.05, 4.69) is 81.5 Å². The van der Waals surface area contributed by atoms with Gasteiger partial charge in [0.2, 0.25) is 0 Å². The van der Waals surface area contributed by atoms with Crippen molar-refractivity contribution in [2.24, 2.45) is 10.7 Å². The van der Waals surface area contributed by atoms with Crippen LogP contribution in [0, 0.1) is 6.92 Å². The second kappa shape index (κ2) is 10.9. The maximum Gasteiger partial charge on any atom is 0.178 e. The van der Waals surface area contributed by atoms with Gasteiger partial charge in [-0.05, 0) is 61.5 Å². The van der Waals surface area contributed by atoms with Crippen molar-refractivity contribution in [1.29, 1.82) is 0 Å². The van der Waals surface area contributed by atoms with E-state index in [1.165, 1.54) is 5.56 Å².